The molecular weight excluding hydrogens is 348 g/mol. The van der Waals surface area contributed by atoms with Gasteiger partial charge in [-0.25, -0.2) is 4.79 Å². The summed E-state index contributed by atoms with van der Waals surface area (Å²) in [6, 6.07) is 12.1. The number of aryl methyl sites for hydroxylation is 1. The van der Waals surface area contributed by atoms with Crippen molar-refractivity contribution in [1.82, 2.24) is 0 Å². The van der Waals surface area contributed by atoms with Crippen molar-refractivity contribution in [2.75, 3.05) is 19.5 Å². The minimum Gasteiger partial charge on any atom is -0.495 e. The van der Waals surface area contributed by atoms with Gasteiger partial charge in [-0.1, -0.05) is 23.4 Å². The van der Waals surface area contributed by atoms with Crippen molar-refractivity contribution in [2.24, 2.45) is 5.16 Å². The van der Waals surface area contributed by atoms with Crippen LogP contribution in [0.4, 0.5) is 5.69 Å². The Morgan fingerprint density at radius 2 is 1.81 bits per heavy atom. The number of carbonyl (C=O) groups is 2. The predicted molar refractivity (Wildman–Crippen MR) is 102 cm³/mol. The summed E-state index contributed by atoms with van der Waals surface area (Å²) < 4.78 is 9.87. The third-order valence-electron chi connectivity index (χ3n) is 3.73. The molecule has 142 valence electrons. The molecule has 0 aliphatic carbocycles. The lowest BCUT2D eigenvalue weighted by molar-refractivity contribution is -0.126. The predicted octanol–water partition coefficient (Wildman–Crippen LogP) is 3.17. The summed E-state index contributed by atoms with van der Waals surface area (Å²) >= 11 is 0. The normalized spacial score (nSPS) is 11.7. The number of anilines is 1. The maximum atomic E-state index is 12.3. The molecule has 2 aromatic carbocycles. The number of benzene rings is 2. The van der Waals surface area contributed by atoms with E-state index in [4.69, 9.17) is 9.57 Å². The van der Waals surface area contributed by atoms with Gasteiger partial charge in [0.25, 0.3) is 5.91 Å². The number of amides is 1. The van der Waals surface area contributed by atoms with E-state index in [2.05, 4.69) is 15.2 Å². The highest BCUT2D eigenvalue weighted by molar-refractivity contribution is 5.95. The molecule has 0 aliphatic rings. The van der Waals surface area contributed by atoms with Crippen LogP contribution in [0.25, 0.3) is 0 Å². The topological polar surface area (TPSA) is 86.2 Å². The highest BCUT2D eigenvalue weighted by Crippen LogP contribution is 2.25. The minimum atomic E-state index is -0.805. The van der Waals surface area contributed by atoms with Crippen LogP contribution in [0.1, 0.15) is 28.4 Å². The van der Waals surface area contributed by atoms with E-state index in [1.54, 1.807) is 37.3 Å². The number of hydrogen-bond acceptors (Lipinski definition) is 6. The van der Waals surface area contributed by atoms with Crippen molar-refractivity contribution in [1.29, 1.82) is 0 Å². The first-order valence-electron chi connectivity index (χ1n) is 8.27. The lowest BCUT2D eigenvalue weighted by Gasteiger charge is -2.13. The summed E-state index contributed by atoms with van der Waals surface area (Å²) in [5, 5.41) is 6.59. The van der Waals surface area contributed by atoms with Gasteiger partial charge in [0.15, 0.2) is 0 Å². The van der Waals surface area contributed by atoms with Crippen LogP contribution in [-0.4, -0.2) is 38.4 Å². The Hall–Kier alpha value is -3.35. The van der Waals surface area contributed by atoms with Crippen molar-refractivity contribution < 1.29 is 23.9 Å². The number of hydrogen-bond donors (Lipinski definition) is 1. The number of nitrogens with one attached hydrogen (secondary N) is 1. The average Bonchev–Trinajstić information content (AvgIpc) is 2.68. The number of methoxy groups -OCH3 is 2. The van der Waals surface area contributed by atoms with E-state index in [9.17, 15) is 9.59 Å². The molecule has 1 N–H and O–H groups in total. The molecule has 0 heterocycles. The molecule has 1 atom stereocenters. The highest BCUT2D eigenvalue weighted by Gasteiger charge is 2.16. The molecule has 27 heavy (non-hydrogen) atoms. The van der Waals surface area contributed by atoms with Gasteiger partial charge >= 0.3 is 5.97 Å². The van der Waals surface area contributed by atoms with Crippen molar-refractivity contribution in [2.45, 2.75) is 20.0 Å². The molecule has 2 rings (SSSR count). The SMILES string of the molecule is COC(=O)c1ccc(/C=N/OC(C)C(=O)Nc2cc(C)ccc2OC)cc1. The highest BCUT2D eigenvalue weighted by atomic mass is 16.6. The fourth-order valence-corrected chi connectivity index (χ4v) is 2.21. The zero-order valence-corrected chi connectivity index (χ0v) is 15.7. The molecule has 2 aromatic rings. The van der Waals surface area contributed by atoms with Gasteiger partial charge in [0.2, 0.25) is 6.10 Å². The Bertz CT molecular complexity index is 831. The molecular formula is C20H22N2O5. The van der Waals surface area contributed by atoms with E-state index in [0.29, 0.717) is 17.0 Å². The standard InChI is InChI=1S/C20H22N2O5/c1-13-5-10-18(25-3)17(11-13)22-19(23)14(2)27-21-12-15-6-8-16(9-7-15)20(24)26-4/h5-12,14H,1-4H3,(H,22,23)/b21-12+. The van der Waals surface area contributed by atoms with Gasteiger partial charge < -0.3 is 19.6 Å². The molecule has 7 heteroatoms. The van der Waals surface area contributed by atoms with Crippen LogP contribution < -0.4 is 10.1 Å². The zero-order chi connectivity index (χ0) is 19.8. The van der Waals surface area contributed by atoms with Gasteiger partial charge in [-0.2, -0.15) is 0 Å². The van der Waals surface area contributed by atoms with E-state index in [-0.39, 0.29) is 5.91 Å². The Labute approximate surface area is 157 Å². The second-order valence-corrected chi connectivity index (χ2v) is 5.79. The maximum Gasteiger partial charge on any atom is 0.337 e. The Morgan fingerprint density at radius 1 is 1.11 bits per heavy atom. The largest absolute Gasteiger partial charge is 0.495 e. The molecule has 0 fully saturated rings. The maximum absolute atomic E-state index is 12.3. The van der Waals surface area contributed by atoms with Crippen LogP contribution in [0.3, 0.4) is 0 Å². The van der Waals surface area contributed by atoms with E-state index >= 15 is 0 Å². The fraction of sp³-hybridized carbons (Fsp3) is 0.250. The van der Waals surface area contributed by atoms with Crippen molar-refractivity contribution >= 4 is 23.8 Å². The molecule has 0 saturated carbocycles. The van der Waals surface area contributed by atoms with Crippen molar-refractivity contribution in [3.8, 4) is 5.75 Å². The fourth-order valence-electron chi connectivity index (χ4n) is 2.21. The Kier molecular flexibility index (Phi) is 6.93. The third kappa shape index (κ3) is 5.57. The molecule has 0 spiro atoms. The van der Waals surface area contributed by atoms with Gasteiger partial charge in [0.1, 0.15) is 5.75 Å². The van der Waals surface area contributed by atoms with Crippen LogP contribution in [0, 0.1) is 6.92 Å². The van der Waals surface area contributed by atoms with Gasteiger partial charge in [0.05, 0.1) is 31.7 Å². The van der Waals surface area contributed by atoms with Gasteiger partial charge in [-0.05, 0) is 49.2 Å². The first kappa shape index (κ1) is 20.0. The summed E-state index contributed by atoms with van der Waals surface area (Å²) in [7, 11) is 2.86. The molecule has 0 aliphatic heterocycles. The van der Waals surface area contributed by atoms with E-state index < -0.39 is 12.1 Å². The number of carbonyl (C=O) groups excluding carboxylic acids is 2. The second kappa shape index (κ2) is 9.38. The number of ether oxygens (including phenoxy) is 2. The number of rotatable bonds is 7. The second-order valence-electron chi connectivity index (χ2n) is 5.79. The lowest BCUT2D eigenvalue weighted by atomic mass is 10.1. The zero-order valence-electron chi connectivity index (χ0n) is 15.7. The smallest absolute Gasteiger partial charge is 0.337 e. The van der Waals surface area contributed by atoms with Gasteiger partial charge in [-0.3, -0.25) is 4.79 Å². The summed E-state index contributed by atoms with van der Waals surface area (Å²) in [5.41, 5.74) is 2.72. The number of nitrogens with zero attached hydrogens (tertiary/aromatic N) is 1. The number of oxime groups is 1. The summed E-state index contributed by atoms with van der Waals surface area (Å²) in [4.78, 5) is 28.9. The lowest BCUT2D eigenvalue weighted by Crippen LogP contribution is -2.26. The summed E-state index contributed by atoms with van der Waals surface area (Å²) in [5.74, 6) is -0.195. The molecule has 0 radical (unpaired) electrons. The monoisotopic (exact) mass is 370 g/mol. The summed E-state index contributed by atoms with van der Waals surface area (Å²) in [6.07, 6.45) is 0.652. The van der Waals surface area contributed by atoms with Crippen LogP contribution >= 0.6 is 0 Å². The van der Waals surface area contributed by atoms with Crippen LogP contribution in [0.2, 0.25) is 0 Å². The van der Waals surface area contributed by atoms with Gasteiger partial charge in [0, 0.05) is 0 Å². The van der Waals surface area contributed by atoms with Gasteiger partial charge in [-0.15, -0.1) is 0 Å². The summed E-state index contributed by atoms with van der Waals surface area (Å²) in [6.45, 7) is 3.51. The molecule has 7 nitrogen and oxygen atoms in total. The van der Waals surface area contributed by atoms with Crippen molar-refractivity contribution in [3.05, 3.63) is 59.2 Å². The molecule has 1 unspecified atom stereocenters. The first-order valence-corrected chi connectivity index (χ1v) is 8.27. The Balaban J connectivity index is 1.94. The first-order chi connectivity index (χ1) is 12.9. The van der Waals surface area contributed by atoms with E-state index in [0.717, 1.165) is 11.1 Å². The van der Waals surface area contributed by atoms with Crippen LogP contribution in [-0.2, 0) is 14.4 Å². The molecule has 0 saturated heterocycles. The van der Waals surface area contributed by atoms with E-state index in [1.165, 1.54) is 20.4 Å². The van der Waals surface area contributed by atoms with E-state index in [1.807, 2.05) is 19.1 Å². The molecule has 0 bridgehead atoms. The van der Waals surface area contributed by atoms with Crippen LogP contribution in [0.15, 0.2) is 47.6 Å². The molecule has 0 aromatic heterocycles. The minimum absolute atomic E-state index is 0.350. The quantitative estimate of drug-likeness (QED) is 0.460. The Morgan fingerprint density at radius 3 is 2.44 bits per heavy atom. The third-order valence-corrected chi connectivity index (χ3v) is 3.73. The average molecular weight is 370 g/mol. The van der Waals surface area contributed by atoms with Crippen LogP contribution in [0.5, 0.6) is 5.75 Å². The molecule has 1 amide bonds. The number of esters is 1. The van der Waals surface area contributed by atoms with Crippen molar-refractivity contribution in [3.63, 3.8) is 0 Å².